The zero-order chi connectivity index (χ0) is 17.9. The van der Waals surface area contributed by atoms with E-state index in [9.17, 15) is 18.0 Å². The van der Waals surface area contributed by atoms with Gasteiger partial charge in [0.2, 0.25) is 0 Å². The summed E-state index contributed by atoms with van der Waals surface area (Å²) in [6.45, 7) is 0.212. The molecule has 0 saturated carbocycles. The molecular formula is C17H15ClF3NO2. The van der Waals surface area contributed by atoms with E-state index >= 15 is 0 Å². The van der Waals surface area contributed by atoms with Crippen LogP contribution in [0.2, 0.25) is 5.02 Å². The molecule has 0 N–H and O–H groups in total. The average molecular weight is 358 g/mol. The molecule has 2 aromatic carbocycles. The number of methoxy groups -OCH3 is 1. The standard InChI is InChI=1S/C17H15ClF3NO2/c1-22(10-12-9-14(18)7-8-15(12)24-2)16(23)11-3-5-13(6-4-11)17(19,20)21/h3-9H,10H2,1-2H3. The van der Waals surface area contributed by atoms with Gasteiger partial charge in [-0.1, -0.05) is 11.6 Å². The molecule has 0 aliphatic rings. The van der Waals surface area contributed by atoms with Gasteiger partial charge in [-0.25, -0.2) is 0 Å². The van der Waals surface area contributed by atoms with Crippen molar-refractivity contribution < 1.29 is 22.7 Å². The minimum absolute atomic E-state index is 0.173. The van der Waals surface area contributed by atoms with Gasteiger partial charge in [-0.15, -0.1) is 0 Å². The fourth-order valence-electron chi connectivity index (χ4n) is 2.22. The zero-order valence-corrected chi connectivity index (χ0v) is 13.8. The summed E-state index contributed by atoms with van der Waals surface area (Å²) in [7, 11) is 3.06. The quantitative estimate of drug-likeness (QED) is 0.797. The molecule has 1 amide bonds. The van der Waals surface area contributed by atoms with Gasteiger partial charge < -0.3 is 9.64 Å². The maximum absolute atomic E-state index is 12.6. The minimum Gasteiger partial charge on any atom is -0.496 e. The van der Waals surface area contributed by atoms with Crippen LogP contribution in [0, 0.1) is 0 Å². The first-order valence-electron chi connectivity index (χ1n) is 6.97. The lowest BCUT2D eigenvalue weighted by atomic mass is 10.1. The van der Waals surface area contributed by atoms with Crippen LogP contribution >= 0.6 is 11.6 Å². The molecular weight excluding hydrogens is 343 g/mol. The van der Waals surface area contributed by atoms with Crippen LogP contribution < -0.4 is 4.74 Å². The number of benzene rings is 2. The Hall–Kier alpha value is -2.21. The van der Waals surface area contributed by atoms with Crippen molar-refractivity contribution in [1.82, 2.24) is 4.90 Å². The van der Waals surface area contributed by atoms with Gasteiger partial charge in [0.25, 0.3) is 5.91 Å². The third-order valence-electron chi connectivity index (χ3n) is 3.46. The summed E-state index contributed by atoms with van der Waals surface area (Å²) in [5, 5.41) is 0.501. The highest BCUT2D eigenvalue weighted by Crippen LogP contribution is 2.29. The van der Waals surface area contributed by atoms with Gasteiger partial charge in [-0.05, 0) is 42.5 Å². The summed E-state index contributed by atoms with van der Waals surface area (Å²) in [5.41, 5.74) is 0.0810. The van der Waals surface area contributed by atoms with Gasteiger partial charge in [-0.3, -0.25) is 4.79 Å². The van der Waals surface area contributed by atoms with Crippen molar-refractivity contribution in [2.24, 2.45) is 0 Å². The second-order valence-corrected chi connectivity index (χ2v) is 5.63. The van der Waals surface area contributed by atoms with Gasteiger partial charge in [-0.2, -0.15) is 13.2 Å². The highest BCUT2D eigenvalue weighted by atomic mass is 35.5. The molecule has 0 heterocycles. The molecule has 0 saturated heterocycles. The van der Waals surface area contributed by atoms with Crippen LogP contribution in [0.25, 0.3) is 0 Å². The average Bonchev–Trinajstić information content (AvgIpc) is 2.53. The number of ether oxygens (including phenoxy) is 1. The molecule has 0 atom stereocenters. The van der Waals surface area contributed by atoms with Crippen molar-refractivity contribution in [2.45, 2.75) is 12.7 Å². The Labute approximate surface area is 142 Å². The van der Waals surface area contributed by atoms with Crippen molar-refractivity contribution in [3.63, 3.8) is 0 Å². The number of carbonyl (C=O) groups excluding carboxylic acids is 1. The number of amides is 1. The van der Waals surface area contributed by atoms with E-state index in [2.05, 4.69) is 0 Å². The Morgan fingerprint density at radius 2 is 1.79 bits per heavy atom. The number of carbonyl (C=O) groups is 1. The SMILES string of the molecule is COc1ccc(Cl)cc1CN(C)C(=O)c1ccc(C(F)(F)F)cc1. The number of nitrogens with zero attached hydrogens (tertiary/aromatic N) is 1. The van der Waals surface area contributed by atoms with E-state index < -0.39 is 17.6 Å². The number of alkyl halides is 3. The molecule has 128 valence electrons. The van der Waals surface area contributed by atoms with Crippen molar-refractivity contribution in [2.75, 3.05) is 14.2 Å². The normalized spacial score (nSPS) is 11.2. The Morgan fingerprint density at radius 3 is 2.33 bits per heavy atom. The highest BCUT2D eigenvalue weighted by Gasteiger charge is 2.30. The molecule has 3 nitrogen and oxygen atoms in total. The Kier molecular flexibility index (Phi) is 5.39. The smallest absolute Gasteiger partial charge is 0.416 e. The van der Waals surface area contributed by atoms with Gasteiger partial charge in [0, 0.05) is 29.7 Å². The van der Waals surface area contributed by atoms with E-state index in [-0.39, 0.29) is 12.1 Å². The lowest BCUT2D eigenvalue weighted by Gasteiger charge is -2.19. The number of rotatable bonds is 4. The highest BCUT2D eigenvalue weighted by molar-refractivity contribution is 6.30. The molecule has 2 rings (SSSR count). The Bertz CT molecular complexity index is 730. The van der Waals surface area contributed by atoms with Gasteiger partial charge in [0.05, 0.1) is 12.7 Å². The van der Waals surface area contributed by atoms with E-state index in [0.717, 1.165) is 24.3 Å². The zero-order valence-electron chi connectivity index (χ0n) is 13.0. The van der Waals surface area contributed by atoms with E-state index in [1.54, 1.807) is 25.2 Å². The molecule has 0 radical (unpaired) electrons. The Morgan fingerprint density at radius 1 is 1.17 bits per heavy atom. The summed E-state index contributed by atoms with van der Waals surface area (Å²) >= 11 is 5.95. The molecule has 0 aliphatic heterocycles. The van der Waals surface area contributed by atoms with Crippen molar-refractivity contribution in [1.29, 1.82) is 0 Å². The summed E-state index contributed by atoms with van der Waals surface area (Å²) in [5.74, 6) is 0.178. The van der Waals surface area contributed by atoms with E-state index in [1.165, 1.54) is 12.0 Å². The molecule has 24 heavy (non-hydrogen) atoms. The third kappa shape index (κ3) is 4.20. The largest absolute Gasteiger partial charge is 0.496 e. The van der Waals surface area contributed by atoms with Crippen molar-refractivity contribution >= 4 is 17.5 Å². The van der Waals surface area contributed by atoms with Crippen LogP contribution in [-0.2, 0) is 12.7 Å². The van der Waals surface area contributed by atoms with Crippen LogP contribution in [0.1, 0.15) is 21.5 Å². The minimum atomic E-state index is -4.43. The van der Waals surface area contributed by atoms with Crippen molar-refractivity contribution in [3.05, 3.63) is 64.2 Å². The molecule has 0 unspecified atom stereocenters. The van der Waals surface area contributed by atoms with Crippen LogP contribution in [0.3, 0.4) is 0 Å². The second-order valence-electron chi connectivity index (χ2n) is 5.19. The summed E-state index contributed by atoms with van der Waals surface area (Å²) in [6, 6.07) is 9.14. The first kappa shape index (κ1) is 18.1. The molecule has 0 aromatic heterocycles. The van der Waals surface area contributed by atoms with Crippen LogP contribution in [0.4, 0.5) is 13.2 Å². The second kappa shape index (κ2) is 7.13. The molecule has 7 heteroatoms. The number of halogens is 4. The summed E-state index contributed by atoms with van der Waals surface area (Å²) < 4.78 is 42.9. The van der Waals surface area contributed by atoms with Gasteiger partial charge >= 0.3 is 6.18 Å². The molecule has 0 bridgehead atoms. The van der Waals surface area contributed by atoms with E-state index in [4.69, 9.17) is 16.3 Å². The summed E-state index contributed by atoms with van der Waals surface area (Å²) in [4.78, 5) is 13.8. The van der Waals surface area contributed by atoms with Gasteiger partial charge in [0.15, 0.2) is 0 Å². The topological polar surface area (TPSA) is 29.5 Å². The number of hydrogen-bond donors (Lipinski definition) is 0. The van der Waals surface area contributed by atoms with Crippen LogP contribution in [0.5, 0.6) is 5.75 Å². The lowest BCUT2D eigenvalue weighted by Crippen LogP contribution is -2.26. The van der Waals surface area contributed by atoms with E-state index in [1.807, 2.05) is 0 Å². The maximum atomic E-state index is 12.6. The monoisotopic (exact) mass is 357 g/mol. The Balaban J connectivity index is 2.17. The maximum Gasteiger partial charge on any atom is 0.416 e. The van der Waals surface area contributed by atoms with E-state index in [0.29, 0.717) is 16.3 Å². The summed E-state index contributed by atoms with van der Waals surface area (Å²) in [6.07, 6.45) is -4.43. The fourth-order valence-corrected chi connectivity index (χ4v) is 2.41. The predicted octanol–water partition coefficient (Wildman–Crippen LogP) is 4.64. The van der Waals surface area contributed by atoms with Gasteiger partial charge in [0.1, 0.15) is 5.75 Å². The number of hydrogen-bond acceptors (Lipinski definition) is 2. The molecule has 0 aliphatic carbocycles. The molecule has 2 aromatic rings. The first-order chi connectivity index (χ1) is 11.2. The first-order valence-corrected chi connectivity index (χ1v) is 7.35. The fraction of sp³-hybridized carbons (Fsp3) is 0.235. The third-order valence-corrected chi connectivity index (χ3v) is 3.69. The lowest BCUT2D eigenvalue weighted by molar-refractivity contribution is -0.137. The molecule has 0 spiro atoms. The van der Waals surface area contributed by atoms with Crippen LogP contribution in [-0.4, -0.2) is 25.0 Å². The van der Waals surface area contributed by atoms with Crippen LogP contribution in [0.15, 0.2) is 42.5 Å². The molecule has 0 fully saturated rings. The predicted molar refractivity (Wildman–Crippen MR) is 85.2 cm³/mol. The van der Waals surface area contributed by atoms with Crippen molar-refractivity contribution in [3.8, 4) is 5.75 Å².